The molecule has 0 aliphatic heterocycles. The van der Waals surface area contributed by atoms with Gasteiger partial charge < -0.3 is 15.8 Å². The van der Waals surface area contributed by atoms with Crippen molar-refractivity contribution in [3.8, 4) is 0 Å². The molecule has 2 aromatic rings. The quantitative estimate of drug-likeness (QED) is 0.843. The van der Waals surface area contributed by atoms with Gasteiger partial charge in [0.1, 0.15) is 0 Å². The fraction of sp³-hybridized carbons (Fsp3) is 0.125. The lowest BCUT2D eigenvalue weighted by molar-refractivity contribution is 0.0602. The van der Waals surface area contributed by atoms with Crippen LogP contribution in [0.3, 0.4) is 0 Å². The third-order valence-electron chi connectivity index (χ3n) is 3.03. The van der Waals surface area contributed by atoms with E-state index in [9.17, 15) is 9.59 Å². The van der Waals surface area contributed by atoms with Crippen LogP contribution < -0.4 is 11.1 Å². The Morgan fingerprint density at radius 2 is 1.76 bits per heavy atom. The van der Waals surface area contributed by atoms with Gasteiger partial charge in [-0.3, -0.25) is 4.79 Å². The first-order valence-electron chi connectivity index (χ1n) is 6.43. The topological polar surface area (TPSA) is 81.4 Å². The van der Waals surface area contributed by atoms with Gasteiger partial charge in [0, 0.05) is 12.1 Å². The average Bonchev–Trinajstić information content (AvgIpc) is 2.54. The summed E-state index contributed by atoms with van der Waals surface area (Å²) >= 11 is 0. The summed E-state index contributed by atoms with van der Waals surface area (Å²) in [6.07, 6.45) is 0. The number of esters is 1. The molecule has 0 heterocycles. The number of nitrogens with two attached hydrogens (primary N) is 1. The number of hydrogen-bond acceptors (Lipinski definition) is 4. The van der Waals surface area contributed by atoms with E-state index in [1.807, 2.05) is 0 Å². The summed E-state index contributed by atoms with van der Waals surface area (Å²) in [5.74, 6) is -0.792. The summed E-state index contributed by atoms with van der Waals surface area (Å²) in [4.78, 5) is 23.8. The van der Waals surface area contributed by atoms with Crippen molar-refractivity contribution in [2.75, 3.05) is 12.4 Å². The number of amides is 1. The van der Waals surface area contributed by atoms with Gasteiger partial charge in [0.25, 0.3) is 5.91 Å². The molecule has 0 radical (unpaired) electrons. The molecular weight excluding hydrogens is 268 g/mol. The van der Waals surface area contributed by atoms with Gasteiger partial charge in [-0.25, -0.2) is 4.79 Å². The molecule has 0 unspecified atom stereocenters. The van der Waals surface area contributed by atoms with E-state index in [1.54, 1.807) is 48.5 Å². The predicted octanol–water partition coefficient (Wildman–Crippen LogP) is 2.18. The van der Waals surface area contributed by atoms with Crippen molar-refractivity contribution in [2.24, 2.45) is 5.73 Å². The molecule has 3 N–H and O–H groups in total. The molecule has 0 atom stereocenters. The zero-order valence-electron chi connectivity index (χ0n) is 11.6. The molecule has 0 aliphatic carbocycles. The fourth-order valence-corrected chi connectivity index (χ4v) is 1.87. The van der Waals surface area contributed by atoms with Crippen LogP contribution in [-0.4, -0.2) is 19.0 Å². The number of hydrogen-bond donors (Lipinski definition) is 2. The first-order chi connectivity index (χ1) is 10.2. The zero-order chi connectivity index (χ0) is 15.2. The summed E-state index contributed by atoms with van der Waals surface area (Å²) in [5, 5.41) is 2.71. The molecule has 2 aromatic carbocycles. The summed E-state index contributed by atoms with van der Waals surface area (Å²) in [6.45, 7) is 0.424. The maximum absolute atomic E-state index is 12.2. The smallest absolute Gasteiger partial charge is 0.339 e. The van der Waals surface area contributed by atoms with E-state index in [2.05, 4.69) is 5.32 Å². The van der Waals surface area contributed by atoms with Crippen LogP contribution in [-0.2, 0) is 11.3 Å². The maximum atomic E-state index is 12.2. The third-order valence-corrected chi connectivity index (χ3v) is 3.03. The Bertz CT molecular complexity index is 651. The lowest BCUT2D eigenvalue weighted by Crippen LogP contribution is -2.15. The van der Waals surface area contributed by atoms with Crippen LogP contribution in [0.5, 0.6) is 0 Å². The number of rotatable bonds is 4. The standard InChI is InChI=1S/C16H16N2O3/c1-21-16(20)13-4-2-3-5-14(13)18-15(19)12-8-6-11(10-17)7-9-12/h2-9H,10,17H2,1H3,(H,18,19). The van der Waals surface area contributed by atoms with Crippen molar-refractivity contribution in [2.45, 2.75) is 6.54 Å². The highest BCUT2D eigenvalue weighted by atomic mass is 16.5. The van der Waals surface area contributed by atoms with Crippen LogP contribution in [0, 0.1) is 0 Å². The Balaban J connectivity index is 2.21. The summed E-state index contributed by atoms with van der Waals surface area (Å²) in [7, 11) is 1.30. The molecule has 5 heteroatoms. The normalized spacial score (nSPS) is 10.0. The Kier molecular flexibility index (Phi) is 4.68. The molecule has 21 heavy (non-hydrogen) atoms. The number of methoxy groups -OCH3 is 1. The van der Waals surface area contributed by atoms with Crippen molar-refractivity contribution in [3.05, 3.63) is 65.2 Å². The van der Waals surface area contributed by atoms with Crippen molar-refractivity contribution < 1.29 is 14.3 Å². The highest BCUT2D eigenvalue weighted by Gasteiger charge is 2.14. The Labute approximate surface area is 122 Å². The third kappa shape index (κ3) is 3.46. The van der Waals surface area contributed by atoms with Gasteiger partial charge in [-0.05, 0) is 29.8 Å². The monoisotopic (exact) mass is 284 g/mol. The predicted molar refractivity (Wildman–Crippen MR) is 80.1 cm³/mol. The molecule has 0 aromatic heterocycles. The SMILES string of the molecule is COC(=O)c1ccccc1NC(=O)c1ccc(CN)cc1. The average molecular weight is 284 g/mol. The molecule has 0 aliphatic rings. The number of nitrogens with one attached hydrogen (secondary N) is 1. The minimum Gasteiger partial charge on any atom is -0.465 e. The molecule has 0 saturated heterocycles. The van der Waals surface area contributed by atoms with Crippen LogP contribution in [0.25, 0.3) is 0 Å². The number of benzene rings is 2. The Morgan fingerprint density at radius 3 is 2.38 bits per heavy atom. The van der Waals surface area contributed by atoms with Gasteiger partial charge in [-0.15, -0.1) is 0 Å². The first-order valence-corrected chi connectivity index (χ1v) is 6.43. The highest BCUT2D eigenvalue weighted by Crippen LogP contribution is 2.17. The van der Waals surface area contributed by atoms with Crippen LogP contribution in [0.15, 0.2) is 48.5 Å². The highest BCUT2D eigenvalue weighted by molar-refractivity contribution is 6.07. The van der Waals surface area contributed by atoms with Gasteiger partial charge in [-0.1, -0.05) is 24.3 Å². The van der Waals surface area contributed by atoms with Crippen LogP contribution >= 0.6 is 0 Å². The van der Waals surface area contributed by atoms with Crippen LogP contribution in [0.4, 0.5) is 5.69 Å². The molecule has 108 valence electrons. The largest absolute Gasteiger partial charge is 0.465 e. The second kappa shape index (κ2) is 6.67. The van der Waals surface area contributed by atoms with Gasteiger partial charge in [0.05, 0.1) is 18.4 Å². The zero-order valence-corrected chi connectivity index (χ0v) is 11.6. The van der Waals surface area contributed by atoms with E-state index in [4.69, 9.17) is 10.5 Å². The van der Waals surface area contributed by atoms with Gasteiger partial charge in [-0.2, -0.15) is 0 Å². The second-order valence-corrected chi connectivity index (χ2v) is 4.39. The van der Waals surface area contributed by atoms with Gasteiger partial charge >= 0.3 is 5.97 Å². The lowest BCUT2D eigenvalue weighted by Gasteiger charge is -2.09. The minimum absolute atomic E-state index is 0.296. The van der Waals surface area contributed by atoms with E-state index in [0.29, 0.717) is 23.4 Å². The summed E-state index contributed by atoms with van der Waals surface area (Å²) in [6, 6.07) is 13.7. The second-order valence-electron chi connectivity index (χ2n) is 4.39. The number of para-hydroxylation sites is 1. The van der Waals surface area contributed by atoms with Crippen LogP contribution in [0.1, 0.15) is 26.3 Å². The van der Waals surface area contributed by atoms with Gasteiger partial charge in [0.2, 0.25) is 0 Å². The van der Waals surface area contributed by atoms with E-state index < -0.39 is 5.97 Å². The van der Waals surface area contributed by atoms with E-state index >= 15 is 0 Å². The number of carbonyl (C=O) groups excluding carboxylic acids is 2. The molecule has 0 saturated carbocycles. The lowest BCUT2D eigenvalue weighted by atomic mass is 10.1. The summed E-state index contributed by atoms with van der Waals surface area (Å²) < 4.78 is 4.69. The number of carbonyl (C=O) groups is 2. The molecule has 5 nitrogen and oxygen atoms in total. The Hall–Kier alpha value is -2.66. The van der Waals surface area contributed by atoms with E-state index in [-0.39, 0.29) is 5.91 Å². The van der Waals surface area contributed by atoms with Gasteiger partial charge in [0.15, 0.2) is 0 Å². The van der Waals surface area contributed by atoms with Crippen molar-refractivity contribution in [1.82, 2.24) is 0 Å². The van der Waals surface area contributed by atoms with Crippen molar-refractivity contribution >= 4 is 17.6 Å². The number of anilines is 1. The summed E-state index contributed by atoms with van der Waals surface area (Å²) in [5.41, 5.74) is 7.68. The molecular formula is C16H16N2O3. The molecule has 0 bridgehead atoms. The van der Waals surface area contributed by atoms with Crippen molar-refractivity contribution in [1.29, 1.82) is 0 Å². The Morgan fingerprint density at radius 1 is 1.10 bits per heavy atom. The molecule has 0 spiro atoms. The minimum atomic E-state index is -0.496. The molecule has 0 fully saturated rings. The fourth-order valence-electron chi connectivity index (χ4n) is 1.87. The van der Waals surface area contributed by atoms with Crippen molar-refractivity contribution in [3.63, 3.8) is 0 Å². The molecule has 1 amide bonds. The van der Waals surface area contributed by atoms with E-state index in [0.717, 1.165) is 5.56 Å². The first kappa shape index (κ1) is 14.7. The molecule has 2 rings (SSSR count). The maximum Gasteiger partial charge on any atom is 0.339 e. The van der Waals surface area contributed by atoms with Crippen LogP contribution in [0.2, 0.25) is 0 Å². The number of ether oxygens (including phenoxy) is 1. The van der Waals surface area contributed by atoms with E-state index in [1.165, 1.54) is 7.11 Å².